The maximum atomic E-state index is 13.8. The molecule has 24 heavy (non-hydrogen) atoms. The zero-order valence-electron chi connectivity index (χ0n) is 12.0. The van der Waals surface area contributed by atoms with E-state index in [1.54, 1.807) is 0 Å². The molecule has 0 bridgehead atoms. The maximum absolute atomic E-state index is 13.8. The molecule has 0 saturated heterocycles. The van der Waals surface area contributed by atoms with Crippen LogP contribution in [0.5, 0.6) is 0 Å². The minimum Gasteiger partial charge on any atom is -0.319 e. The number of anilines is 1. The molecular weight excluding hydrogens is 387 g/mol. The Balaban J connectivity index is 2.19. The van der Waals surface area contributed by atoms with E-state index in [0.29, 0.717) is 9.70 Å². The van der Waals surface area contributed by atoms with Crippen molar-refractivity contribution < 1.29 is 28.1 Å². The second-order valence-electron chi connectivity index (χ2n) is 4.57. The molecule has 130 valence electrons. The van der Waals surface area contributed by atoms with E-state index in [1.807, 2.05) is 0 Å². The van der Waals surface area contributed by atoms with Crippen molar-refractivity contribution in [1.29, 1.82) is 0 Å². The Morgan fingerprint density at radius 3 is 2.67 bits per heavy atom. The van der Waals surface area contributed by atoms with Crippen LogP contribution in [0.3, 0.4) is 0 Å². The molecule has 12 heteroatoms. The highest BCUT2D eigenvalue weighted by Gasteiger charge is 2.24. The molecule has 1 unspecified atom stereocenters. The van der Waals surface area contributed by atoms with Gasteiger partial charge in [0.25, 0.3) is 5.91 Å². The third kappa shape index (κ3) is 4.76. The molecule has 0 aliphatic heterocycles. The number of rotatable bonds is 5. The quantitative estimate of drug-likeness (QED) is 0.667. The summed E-state index contributed by atoms with van der Waals surface area (Å²) in [4.78, 5) is 29.5. The predicted octanol–water partition coefficient (Wildman–Crippen LogP) is 3.21. The summed E-state index contributed by atoms with van der Waals surface area (Å²) in [6.07, 6.45) is -1.42. The standard InChI is InChI=1S/C12H11Cl2FN3O5P/c1-6(23-24(20,21)22)18-11(15)5-10(17-18)12(19)16-9-3-2-7(13)4-8(9)14/h2-6H,1H3,(H,16,19)(H2,20,21,22). The Bertz CT molecular complexity index is 825. The van der Waals surface area contributed by atoms with E-state index >= 15 is 0 Å². The predicted molar refractivity (Wildman–Crippen MR) is 84.4 cm³/mol. The number of amides is 1. The lowest BCUT2D eigenvalue weighted by Gasteiger charge is -2.14. The van der Waals surface area contributed by atoms with Crippen LogP contribution in [0.25, 0.3) is 0 Å². The van der Waals surface area contributed by atoms with Gasteiger partial charge >= 0.3 is 7.82 Å². The molecule has 2 aromatic rings. The zero-order valence-corrected chi connectivity index (χ0v) is 14.4. The van der Waals surface area contributed by atoms with Gasteiger partial charge in [-0.15, -0.1) is 0 Å². The van der Waals surface area contributed by atoms with Gasteiger partial charge in [-0.1, -0.05) is 23.2 Å². The monoisotopic (exact) mass is 397 g/mol. The molecule has 0 spiro atoms. The van der Waals surface area contributed by atoms with Crippen LogP contribution in [-0.2, 0) is 9.09 Å². The number of carbonyl (C=O) groups is 1. The number of nitrogens with one attached hydrogen (secondary N) is 1. The van der Waals surface area contributed by atoms with Crippen LogP contribution in [-0.4, -0.2) is 25.5 Å². The van der Waals surface area contributed by atoms with Crippen molar-refractivity contribution >= 4 is 42.6 Å². The molecule has 0 saturated carbocycles. The Morgan fingerprint density at radius 1 is 1.42 bits per heavy atom. The Morgan fingerprint density at radius 2 is 2.08 bits per heavy atom. The van der Waals surface area contributed by atoms with Crippen LogP contribution in [0, 0.1) is 5.95 Å². The van der Waals surface area contributed by atoms with Crippen molar-refractivity contribution in [1.82, 2.24) is 9.78 Å². The molecular formula is C12H11Cl2FN3O5P. The van der Waals surface area contributed by atoms with Crippen LogP contribution in [0.1, 0.15) is 23.6 Å². The Labute approximate surface area is 145 Å². The molecule has 0 fully saturated rings. The van der Waals surface area contributed by atoms with Crippen molar-refractivity contribution in [3.05, 3.63) is 46.0 Å². The van der Waals surface area contributed by atoms with E-state index in [0.717, 1.165) is 13.0 Å². The van der Waals surface area contributed by atoms with E-state index in [2.05, 4.69) is 14.9 Å². The molecule has 0 radical (unpaired) electrons. The van der Waals surface area contributed by atoms with Gasteiger partial charge in [-0.3, -0.25) is 9.32 Å². The third-order valence-electron chi connectivity index (χ3n) is 2.74. The Hall–Kier alpha value is -1.48. The van der Waals surface area contributed by atoms with Gasteiger partial charge in [0.15, 0.2) is 11.9 Å². The fraction of sp³-hybridized carbons (Fsp3) is 0.167. The topological polar surface area (TPSA) is 114 Å². The number of phosphoric ester groups is 1. The first-order valence-electron chi connectivity index (χ1n) is 6.32. The lowest BCUT2D eigenvalue weighted by Crippen LogP contribution is -2.16. The first kappa shape index (κ1) is 18.9. The summed E-state index contributed by atoms with van der Waals surface area (Å²) < 4.78 is 29.4. The molecule has 1 aromatic heterocycles. The fourth-order valence-electron chi connectivity index (χ4n) is 1.76. The van der Waals surface area contributed by atoms with Gasteiger partial charge < -0.3 is 15.1 Å². The van der Waals surface area contributed by atoms with Crippen molar-refractivity contribution in [2.24, 2.45) is 0 Å². The number of nitrogens with zero attached hydrogens (tertiary/aromatic N) is 2. The summed E-state index contributed by atoms with van der Waals surface area (Å²) in [5.74, 6) is -1.79. The number of phosphoric acid groups is 1. The summed E-state index contributed by atoms with van der Waals surface area (Å²) in [6, 6.07) is 5.15. The number of hydrogen-bond donors (Lipinski definition) is 3. The summed E-state index contributed by atoms with van der Waals surface area (Å²) >= 11 is 11.7. The van der Waals surface area contributed by atoms with Gasteiger partial charge in [0, 0.05) is 11.1 Å². The highest BCUT2D eigenvalue weighted by Crippen LogP contribution is 2.40. The molecule has 3 N–H and O–H groups in total. The van der Waals surface area contributed by atoms with E-state index in [-0.39, 0.29) is 16.4 Å². The van der Waals surface area contributed by atoms with Crippen LogP contribution >= 0.6 is 31.0 Å². The lowest BCUT2D eigenvalue weighted by atomic mass is 10.3. The number of benzene rings is 1. The normalized spacial score (nSPS) is 12.9. The van der Waals surface area contributed by atoms with Crippen molar-refractivity contribution in [3.8, 4) is 0 Å². The van der Waals surface area contributed by atoms with Crippen molar-refractivity contribution in [2.75, 3.05) is 5.32 Å². The molecule has 1 heterocycles. The first-order chi connectivity index (χ1) is 11.1. The molecule has 0 aliphatic rings. The third-order valence-corrected chi connectivity index (χ3v) is 3.86. The van der Waals surface area contributed by atoms with E-state index < -0.39 is 25.9 Å². The van der Waals surface area contributed by atoms with Crippen LogP contribution in [0.15, 0.2) is 24.3 Å². The van der Waals surface area contributed by atoms with Crippen molar-refractivity contribution in [3.63, 3.8) is 0 Å². The highest BCUT2D eigenvalue weighted by molar-refractivity contribution is 7.46. The summed E-state index contributed by atoms with van der Waals surface area (Å²) in [5, 5.41) is 6.59. The second-order valence-corrected chi connectivity index (χ2v) is 6.61. The molecule has 1 atom stereocenters. The number of hydrogen-bond acceptors (Lipinski definition) is 4. The van der Waals surface area contributed by atoms with Crippen LogP contribution in [0.4, 0.5) is 10.1 Å². The zero-order chi connectivity index (χ0) is 18.1. The fourth-order valence-corrected chi connectivity index (χ4v) is 2.70. The molecule has 8 nitrogen and oxygen atoms in total. The highest BCUT2D eigenvalue weighted by atomic mass is 35.5. The smallest absolute Gasteiger partial charge is 0.319 e. The minimum atomic E-state index is -4.85. The van der Waals surface area contributed by atoms with Gasteiger partial charge in [0.2, 0.25) is 5.95 Å². The summed E-state index contributed by atoms with van der Waals surface area (Å²) in [5.41, 5.74) is -0.0970. The molecule has 2 rings (SSSR count). The molecule has 1 amide bonds. The minimum absolute atomic E-state index is 0.175. The average Bonchev–Trinajstić information content (AvgIpc) is 2.82. The van der Waals surface area contributed by atoms with Gasteiger partial charge in [-0.2, -0.15) is 9.49 Å². The van der Waals surface area contributed by atoms with Gasteiger partial charge in [-0.05, 0) is 25.1 Å². The number of aromatic nitrogens is 2. The van der Waals surface area contributed by atoms with Crippen molar-refractivity contribution in [2.45, 2.75) is 13.2 Å². The Kier molecular flexibility index (Phi) is 5.64. The summed E-state index contributed by atoms with van der Waals surface area (Å²) in [6.45, 7) is 1.16. The summed E-state index contributed by atoms with van der Waals surface area (Å²) in [7, 11) is -4.85. The van der Waals surface area contributed by atoms with E-state index in [1.165, 1.54) is 18.2 Å². The van der Waals surface area contributed by atoms with Gasteiger partial charge in [-0.25, -0.2) is 9.25 Å². The van der Waals surface area contributed by atoms with E-state index in [9.17, 15) is 13.8 Å². The number of halogens is 3. The molecule has 0 aliphatic carbocycles. The number of carbonyl (C=O) groups excluding carboxylic acids is 1. The van der Waals surface area contributed by atoms with Gasteiger partial charge in [0.05, 0.1) is 10.7 Å². The molecule has 1 aromatic carbocycles. The largest absolute Gasteiger partial charge is 0.471 e. The average molecular weight is 398 g/mol. The van der Waals surface area contributed by atoms with Crippen LogP contribution < -0.4 is 5.32 Å². The lowest BCUT2D eigenvalue weighted by molar-refractivity contribution is 0.0780. The SMILES string of the molecule is CC(OP(=O)(O)O)n1nc(C(=O)Nc2ccc(Cl)cc2Cl)cc1F. The first-order valence-corrected chi connectivity index (χ1v) is 8.61. The maximum Gasteiger partial charge on any atom is 0.471 e. The van der Waals surface area contributed by atoms with Crippen LogP contribution in [0.2, 0.25) is 10.0 Å². The van der Waals surface area contributed by atoms with E-state index in [4.69, 9.17) is 33.0 Å². The second kappa shape index (κ2) is 7.18. The van der Waals surface area contributed by atoms with Gasteiger partial charge in [0.1, 0.15) is 0 Å².